The Labute approximate surface area is 422 Å². The van der Waals surface area contributed by atoms with E-state index in [1.54, 1.807) is 6.20 Å². The molecule has 0 spiro atoms. The van der Waals surface area contributed by atoms with E-state index in [9.17, 15) is 27.6 Å². The van der Waals surface area contributed by atoms with E-state index in [2.05, 4.69) is 53.5 Å². The monoisotopic (exact) mass is 1110 g/mol. The summed E-state index contributed by atoms with van der Waals surface area (Å²) in [6.07, 6.45) is 16.2. The number of anilines is 3. The number of piperidine rings is 2. The topological polar surface area (TPSA) is 174 Å². The van der Waals surface area contributed by atoms with Crippen LogP contribution < -0.4 is 15.5 Å². The second-order valence-corrected chi connectivity index (χ2v) is 21.0. The molecule has 0 unspecified atom stereocenters. The van der Waals surface area contributed by atoms with Crippen molar-refractivity contribution in [1.82, 2.24) is 15.0 Å². The Kier molecular flexibility index (Phi) is 26.2. The normalized spacial score (nSPS) is 15.8. The fourth-order valence-corrected chi connectivity index (χ4v) is 8.01. The standard InChI is InChI=1S/C15H20BrFN2O2.C15H22FN3O2.C11H20O2.C5H2BrClFN.CH3N.ClH/c2*1-15(2,3)21-14(20)10-4-6-19(7-5-10)13-11(16)8-18-9-12(13)17;1-11(2,3)13-10(12)9-7-5-4-6-8-9;6-3-1-9-2-4(8)5(3)7;1-2;/h8-10H,4-7H2,1-3H3;8-10H,4-7,17H2,1-3H3;9H,4-8H2,1-3H3;1-2H;2H,1H2;1H. The molecule has 3 aromatic heterocycles. The van der Waals surface area contributed by atoms with Gasteiger partial charge in [-0.15, -0.1) is 12.4 Å². The number of aromatic nitrogens is 3. The van der Waals surface area contributed by atoms with Crippen molar-refractivity contribution in [2.45, 2.75) is 137 Å². The zero-order valence-electron chi connectivity index (χ0n) is 40.0. The molecule has 13 nitrogen and oxygen atoms in total. The van der Waals surface area contributed by atoms with Crippen LogP contribution in [-0.2, 0) is 28.6 Å². The van der Waals surface area contributed by atoms with Gasteiger partial charge < -0.3 is 35.2 Å². The van der Waals surface area contributed by atoms with Gasteiger partial charge in [-0.3, -0.25) is 29.3 Å². The van der Waals surface area contributed by atoms with Crippen LogP contribution in [0.25, 0.3) is 0 Å². The fourth-order valence-electron chi connectivity index (χ4n) is 7.05. The molecular weight excluding hydrogens is 1050 g/mol. The Bertz CT molecular complexity index is 1860. The number of nitrogen functional groups attached to an aromatic ring is 1. The van der Waals surface area contributed by atoms with Crippen molar-refractivity contribution < 1.29 is 41.8 Å². The van der Waals surface area contributed by atoms with Crippen LogP contribution >= 0.6 is 55.9 Å². The number of nitrogens with two attached hydrogens (primary N) is 1. The molecule has 5 heterocycles. The first-order valence-electron chi connectivity index (χ1n) is 21.9. The van der Waals surface area contributed by atoms with Gasteiger partial charge in [0.1, 0.15) is 16.8 Å². The van der Waals surface area contributed by atoms with Crippen LogP contribution in [0.1, 0.15) is 120 Å². The van der Waals surface area contributed by atoms with Crippen molar-refractivity contribution in [3.63, 3.8) is 0 Å². The average Bonchev–Trinajstić information content (AvgIpc) is 3.23. The Morgan fingerprint density at radius 2 is 0.925 bits per heavy atom. The third-order valence-corrected chi connectivity index (χ3v) is 11.8. The summed E-state index contributed by atoms with van der Waals surface area (Å²) in [7, 11) is 0. The Morgan fingerprint density at radius 3 is 1.27 bits per heavy atom. The zero-order valence-corrected chi connectivity index (χ0v) is 44.8. The zero-order chi connectivity index (χ0) is 50.0. The van der Waals surface area contributed by atoms with Gasteiger partial charge in [0.2, 0.25) is 0 Å². The number of nitrogens with zero attached hydrogens (tertiary/aromatic N) is 5. The SMILES string of the molecule is C=N.CC(C)(C)OC(=O)C1CCCCC1.CC(C)(C)OC(=O)C1CCN(c2c(F)cncc2Br)CC1.CC(C)(C)OC(=O)C1CCN(c2c(N)cncc2F)CC1.Cl.Fc1cncc(Br)c1Cl. The van der Waals surface area contributed by atoms with E-state index >= 15 is 0 Å². The van der Waals surface area contributed by atoms with Crippen LogP contribution in [-0.4, -0.2) is 82.6 Å². The van der Waals surface area contributed by atoms with Crippen molar-refractivity contribution >= 4 is 97.6 Å². The van der Waals surface area contributed by atoms with E-state index < -0.39 is 22.8 Å². The molecule has 2 aliphatic heterocycles. The predicted octanol–water partition coefficient (Wildman–Crippen LogP) is 12.1. The van der Waals surface area contributed by atoms with Crippen LogP contribution in [0.4, 0.5) is 30.2 Å². The number of halogens is 7. The summed E-state index contributed by atoms with van der Waals surface area (Å²) in [5.74, 6) is -1.67. The van der Waals surface area contributed by atoms with Gasteiger partial charge in [-0.2, -0.15) is 0 Å². The molecule has 3 N–H and O–H groups in total. The van der Waals surface area contributed by atoms with Gasteiger partial charge in [0.25, 0.3) is 0 Å². The molecule has 376 valence electrons. The van der Waals surface area contributed by atoms with Gasteiger partial charge in [0.05, 0.1) is 73.6 Å². The summed E-state index contributed by atoms with van der Waals surface area (Å²) in [5, 5.41) is 5.57. The quantitative estimate of drug-likeness (QED) is 0.141. The van der Waals surface area contributed by atoms with E-state index in [1.165, 1.54) is 37.9 Å². The van der Waals surface area contributed by atoms with Gasteiger partial charge in [-0.1, -0.05) is 30.9 Å². The number of nitrogens with one attached hydrogen (secondary N) is 1. The van der Waals surface area contributed by atoms with Gasteiger partial charge >= 0.3 is 17.9 Å². The molecule has 0 radical (unpaired) electrons. The smallest absolute Gasteiger partial charge is 0.309 e. The maximum atomic E-state index is 13.9. The molecular formula is C47H68Br2Cl2F3N7O6. The maximum Gasteiger partial charge on any atom is 0.309 e. The maximum absolute atomic E-state index is 13.9. The van der Waals surface area contributed by atoms with E-state index in [0.29, 0.717) is 77.9 Å². The van der Waals surface area contributed by atoms with E-state index in [1.807, 2.05) is 72.1 Å². The highest BCUT2D eigenvalue weighted by Gasteiger charge is 2.32. The van der Waals surface area contributed by atoms with Crippen molar-refractivity contribution in [3.8, 4) is 0 Å². The summed E-state index contributed by atoms with van der Waals surface area (Å²) >= 11 is 11.8. The number of carbonyl (C=O) groups is 3. The average molecular weight is 1110 g/mol. The first kappa shape index (κ1) is 61.3. The van der Waals surface area contributed by atoms with Gasteiger partial charge in [0, 0.05) is 38.6 Å². The third kappa shape index (κ3) is 22.0. The van der Waals surface area contributed by atoms with Crippen LogP contribution in [0.3, 0.4) is 0 Å². The summed E-state index contributed by atoms with van der Waals surface area (Å²) in [6.45, 7) is 21.8. The van der Waals surface area contributed by atoms with Crippen molar-refractivity contribution in [1.29, 1.82) is 5.41 Å². The summed E-state index contributed by atoms with van der Waals surface area (Å²) < 4.78 is 57.3. The van der Waals surface area contributed by atoms with E-state index in [-0.39, 0.29) is 64.5 Å². The molecule has 3 fully saturated rings. The molecule has 67 heavy (non-hydrogen) atoms. The molecule has 0 atom stereocenters. The second-order valence-electron chi connectivity index (χ2n) is 18.9. The van der Waals surface area contributed by atoms with Crippen molar-refractivity contribution in [2.24, 2.45) is 17.8 Å². The van der Waals surface area contributed by atoms with E-state index in [0.717, 1.165) is 25.2 Å². The number of rotatable bonds is 5. The fraction of sp³-hybridized carbons (Fsp3) is 0.596. The number of ether oxygens (including phenoxy) is 3. The molecule has 1 saturated carbocycles. The molecule has 0 bridgehead atoms. The summed E-state index contributed by atoms with van der Waals surface area (Å²) in [5.41, 5.74) is 5.76. The highest BCUT2D eigenvalue weighted by atomic mass is 79.9. The van der Waals surface area contributed by atoms with Gasteiger partial charge in [-0.25, -0.2) is 13.2 Å². The minimum atomic E-state index is -0.508. The number of carbonyl (C=O) groups excluding carboxylic acids is 3. The molecule has 1 aliphatic carbocycles. The largest absolute Gasteiger partial charge is 0.460 e. The van der Waals surface area contributed by atoms with Gasteiger partial charge in [-0.05, 0) is 139 Å². The Hall–Kier alpha value is -3.74. The predicted molar refractivity (Wildman–Crippen MR) is 268 cm³/mol. The number of hydrogen-bond acceptors (Lipinski definition) is 13. The molecule has 20 heteroatoms. The lowest BCUT2D eigenvalue weighted by molar-refractivity contribution is -0.162. The minimum absolute atomic E-state index is 0. The summed E-state index contributed by atoms with van der Waals surface area (Å²) in [4.78, 5) is 50.6. The molecule has 6 rings (SSSR count). The molecule has 3 aromatic rings. The van der Waals surface area contributed by atoms with Crippen molar-refractivity contribution in [3.05, 3.63) is 68.6 Å². The molecule has 0 aromatic carbocycles. The lowest BCUT2D eigenvalue weighted by atomic mass is 9.89. The number of hydrogen-bond donors (Lipinski definition) is 2. The Morgan fingerprint density at radius 1 is 0.597 bits per heavy atom. The van der Waals surface area contributed by atoms with Crippen LogP contribution in [0.15, 0.2) is 46.1 Å². The second kappa shape index (κ2) is 28.7. The van der Waals surface area contributed by atoms with Gasteiger partial charge in [0.15, 0.2) is 17.5 Å². The van der Waals surface area contributed by atoms with Crippen LogP contribution in [0.2, 0.25) is 5.02 Å². The molecule has 2 saturated heterocycles. The molecule has 0 amide bonds. The van der Waals surface area contributed by atoms with Crippen LogP contribution in [0, 0.1) is 40.6 Å². The van der Waals surface area contributed by atoms with E-state index in [4.69, 9.17) is 37.0 Å². The number of pyridine rings is 3. The lowest BCUT2D eigenvalue weighted by Gasteiger charge is -2.34. The first-order chi connectivity index (χ1) is 30.8. The van der Waals surface area contributed by atoms with Crippen LogP contribution in [0.5, 0.6) is 0 Å². The molecule has 3 aliphatic rings. The first-order valence-corrected chi connectivity index (χ1v) is 23.9. The highest BCUT2D eigenvalue weighted by molar-refractivity contribution is 9.11. The Balaban J connectivity index is 0.000000458. The minimum Gasteiger partial charge on any atom is -0.460 e. The third-order valence-electron chi connectivity index (χ3n) is 9.97. The lowest BCUT2D eigenvalue weighted by Crippen LogP contribution is -2.39. The van der Waals surface area contributed by atoms with Crippen molar-refractivity contribution in [2.75, 3.05) is 41.7 Å². The summed E-state index contributed by atoms with van der Waals surface area (Å²) in [6, 6.07) is 0. The highest BCUT2D eigenvalue weighted by Crippen LogP contribution is 2.34. The number of esters is 3.